The van der Waals surface area contributed by atoms with Crippen LogP contribution in [-0.4, -0.2) is 29.9 Å². The number of hydrogen-bond acceptors (Lipinski definition) is 6. The summed E-state index contributed by atoms with van der Waals surface area (Å²) in [5, 5.41) is 3.44. The van der Waals surface area contributed by atoms with E-state index in [0.29, 0.717) is 5.82 Å². The zero-order chi connectivity index (χ0) is 37.8. The topological polar surface area (TPSA) is 77.3 Å². The number of fused-ring (bicyclic) bond motifs is 8. The standard InChI is InChI=1S/C50H36N6/c1-49(2)38-18-10-21-53-46(38)36-25-40-37(26-39(36)49)47-41(50(40,3)4)23-32(28-54-47)48-55-42(35-17-8-13-30-14-9-20-52-45(30)35)27-44(56-48)43-24-31(19-22-51-43)34-16-7-12-29-11-5-6-15-33(29)34/h5-28H,1-4H3. The maximum atomic E-state index is 5.26. The molecule has 0 bridgehead atoms. The predicted octanol–water partition coefficient (Wildman–Crippen LogP) is 11.6. The van der Waals surface area contributed by atoms with Gasteiger partial charge in [0.1, 0.15) is 0 Å². The number of benzene rings is 4. The SMILES string of the molecule is CC1(C)c2cc3c(cc2-c2ncccc21)C(C)(C)c1cc(-c2nc(-c4cc(-c5cccc6ccccc56)ccn4)cc(-c4cccc5cccnc45)n2)cnc1-3. The van der Waals surface area contributed by atoms with Crippen molar-refractivity contribution in [3.63, 3.8) is 0 Å². The Hall–Kier alpha value is -6.92. The van der Waals surface area contributed by atoms with Gasteiger partial charge < -0.3 is 0 Å². The summed E-state index contributed by atoms with van der Waals surface area (Å²) in [6.07, 6.45) is 7.54. The van der Waals surface area contributed by atoms with Gasteiger partial charge in [0, 0.05) is 63.3 Å². The van der Waals surface area contributed by atoms with Crippen LogP contribution in [0.2, 0.25) is 0 Å². The van der Waals surface area contributed by atoms with Gasteiger partial charge in [0.25, 0.3) is 0 Å². The van der Waals surface area contributed by atoms with Gasteiger partial charge in [-0.05, 0) is 92.7 Å². The number of rotatable bonds is 4. The second-order valence-corrected chi connectivity index (χ2v) is 16.0. The van der Waals surface area contributed by atoms with E-state index >= 15 is 0 Å². The molecule has 11 rings (SSSR count). The van der Waals surface area contributed by atoms with E-state index in [1.807, 2.05) is 43.0 Å². The summed E-state index contributed by atoms with van der Waals surface area (Å²) in [4.78, 5) is 30.3. The lowest BCUT2D eigenvalue weighted by Gasteiger charge is -2.24. The van der Waals surface area contributed by atoms with Crippen LogP contribution in [0.3, 0.4) is 0 Å². The third kappa shape index (κ3) is 4.75. The molecule has 0 aliphatic heterocycles. The smallest absolute Gasteiger partial charge is 0.162 e. The number of hydrogen-bond donors (Lipinski definition) is 0. The first-order chi connectivity index (χ1) is 27.3. The zero-order valence-electron chi connectivity index (χ0n) is 31.5. The Bertz CT molecular complexity index is 3100. The molecule has 0 saturated carbocycles. The maximum absolute atomic E-state index is 5.26. The highest BCUT2D eigenvalue weighted by atomic mass is 14.9. The van der Waals surface area contributed by atoms with Crippen molar-refractivity contribution in [3.8, 4) is 67.7 Å². The summed E-state index contributed by atoms with van der Waals surface area (Å²) >= 11 is 0. The van der Waals surface area contributed by atoms with Crippen LogP contribution in [0.4, 0.5) is 0 Å². The highest BCUT2D eigenvalue weighted by Crippen LogP contribution is 2.55. The van der Waals surface area contributed by atoms with E-state index in [1.54, 1.807) is 0 Å². The first-order valence-electron chi connectivity index (χ1n) is 19.1. The molecule has 4 aromatic carbocycles. The Morgan fingerprint density at radius 1 is 0.411 bits per heavy atom. The fourth-order valence-corrected chi connectivity index (χ4v) is 9.09. The molecular weight excluding hydrogens is 685 g/mol. The van der Waals surface area contributed by atoms with Gasteiger partial charge >= 0.3 is 0 Å². The van der Waals surface area contributed by atoms with Gasteiger partial charge in [-0.3, -0.25) is 19.9 Å². The van der Waals surface area contributed by atoms with Crippen molar-refractivity contribution < 1.29 is 0 Å². The average molecular weight is 721 g/mol. The van der Waals surface area contributed by atoms with E-state index in [2.05, 4.69) is 131 Å². The van der Waals surface area contributed by atoms with Crippen LogP contribution in [0.1, 0.15) is 49.9 Å². The Balaban J connectivity index is 1.08. The van der Waals surface area contributed by atoms with E-state index in [9.17, 15) is 0 Å². The van der Waals surface area contributed by atoms with Gasteiger partial charge in [0.15, 0.2) is 5.82 Å². The van der Waals surface area contributed by atoms with Crippen LogP contribution < -0.4 is 0 Å². The van der Waals surface area contributed by atoms with E-state index in [-0.39, 0.29) is 10.8 Å². The van der Waals surface area contributed by atoms with Crippen LogP contribution in [0.25, 0.3) is 89.4 Å². The summed E-state index contributed by atoms with van der Waals surface area (Å²) in [6, 6.07) is 42.6. The fourth-order valence-electron chi connectivity index (χ4n) is 9.09. The van der Waals surface area contributed by atoms with Gasteiger partial charge in [-0.15, -0.1) is 0 Å². The van der Waals surface area contributed by atoms with E-state index < -0.39 is 0 Å². The number of aromatic nitrogens is 6. The molecule has 56 heavy (non-hydrogen) atoms. The van der Waals surface area contributed by atoms with E-state index in [1.165, 1.54) is 38.6 Å². The summed E-state index contributed by atoms with van der Waals surface area (Å²) in [7, 11) is 0. The quantitative estimate of drug-likeness (QED) is 0.180. The molecule has 0 N–H and O–H groups in total. The molecule has 6 heteroatoms. The lowest BCUT2D eigenvalue weighted by Crippen LogP contribution is -2.17. The predicted molar refractivity (Wildman–Crippen MR) is 225 cm³/mol. The van der Waals surface area contributed by atoms with Crippen molar-refractivity contribution in [2.75, 3.05) is 0 Å². The van der Waals surface area contributed by atoms with Crippen molar-refractivity contribution in [3.05, 3.63) is 168 Å². The largest absolute Gasteiger partial charge is 0.256 e. The molecule has 9 aromatic rings. The molecule has 0 fully saturated rings. The first kappa shape index (κ1) is 32.5. The Morgan fingerprint density at radius 2 is 1.09 bits per heavy atom. The van der Waals surface area contributed by atoms with Gasteiger partial charge in [0.05, 0.1) is 34.0 Å². The zero-order valence-corrected chi connectivity index (χ0v) is 31.5. The highest BCUT2D eigenvalue weighted by molar-refractivity contribution is 5.97. The van der Waals surface area contributed by atoms with Crippen LogP contribution >= 0.6 is 0 Å². The summed E-state index contributed by atoms with van der Waals surface area (Å²) in [6.45, 7) is 9.18. The monoisotopic (exact) mass is 720 g/mol. The molecule has 6 nitrogen and oxygen atoms in total. The van der Waals surface area contributed by atoms with Gasteiger partial charge in [0.2, 0.25) is 0 Å². The van der Waals surface area contributed by atoms with Crippen LogP contribution in [0.15, 0.2) is 146 Å². The second kappa shape index (κ2) is 11.8. The van der Waals surface area contributed by atoms with Crippen LogP contribution in [0, 0.1) is 0 Å². The van der Waals surface area contributed by atoms with Gasteiger partial charge in [-0.25, -0.2) is 9.97 Å². The summed E-state index contributed by atoms with van der Waals surface area (Å²) in [5.74, 6) is 0.589. The van der Waals surface area contributed by atoms with Crippen molar-refractivity contribution in [1.29, 1.82) is 0 Å². The fraction of sp³-hybridized carbons (Fsp3) is 0.120. The van der Waals surface area contributed by atoms with Gasteiger partial charge in [-0.1, -0.05) is 100 Å². The molecular formula is C50H36N6. The van der Waals surface area contributed by atoms with Crippen molar-refractivity contribution >= 4 is 21.7 Å². The maximum Gasteiger partial charge on any atom is 0.162 e. The third-order valence-electron chi connectivity index (χ3n) is 12.1. The number of nitrogens with zero attached hydrogens (tertiary/aromatic N) is 6. The minimum absolute atomic E-state index is 0.152. The summed E-state index contributed by atoms with van der Waals surface area (Å²) in [5.41, 5.74) is 16.2. The average Bonchev–Trinajstić information content (AvgIpc) is 3.61. The van der Waals surface area contributed by atoms with Gasteiger partial charge in [-0.2, -0.15) is 0 Å². The second-order valence-electron chi connectivity index (χ2n) is 16.0. The van der Waals surface area contributed by atoms with E-state index in [4.69, 9.17) is 29.9 Å². The molecule has 0 amide bonds. The molecule has 5 aromatic heterocycles. The number of para-hydroxylation sites is 1. The van der Waals surface area contributed by atoms with Crippen molar-refractivity contribution in [1.82, 2.24) is 29.9 Å². The lowest BCUT2D eigenvalue weighted by atomic mass is 9.79. The molecule has 0 saturated heterocycles. The Labute approximate surface area is 325 Å². The highest BCUT2D eigenvalue weighted by Gasteiger charge is 2.43. The minimum Gasteiger partial charge on any atom is -0.256 e. The molecule has 2 aliphatic rings. The summed E-state index contributed by atoms with van der Waals surface area (Å²) < 4.78 is 0. The van der Waals surface area contributed by atoms with E-state index in [0.717, 1.165) is 67.2 Å². The first-order valence-corrected chi connectivity index (χ1v) is 19.1. The molecule has 0 radical (unpaired) electrons. The molecule has 2 aliphatic carbocycles. The Morgan fingerprint density at radius 3 is 1.95 bits per heavy atom. The van der Waals surface area contributed by atoms with Crippen molar-refractivity contribution in [2.24, 2.45) is 0 Å². The van der Waals surface area contributed by atoms with Crippen LogP contribution in [-0.2, 0) is 10.8 Å². The molecule has 266 valence electrons. The molecule has 0 unspecified atom stereocenters. The Kier molecular flexibility index (Phi) is 6.84. The van der Waals surface area contributed by atoms with Crippen molar-refractivity contribution in [2.45, 2.75) is 38.5 Å². The third-order valence-corrected chi connectivity index (χ3v) is 12.1. The van der Waals surface area contributed by atoms with Crippen LogP contribution in [0.5, 0.6) is 0 Å². The normalized spacial score (nSPS) is 14.4. The molecule has 5 heterocycles. The molecule has 0 spiro atoms. The minimum atomic E-state index is -0.307. The lowest BCUT2D eigenvalue weighted by molar-refractivity contribution is 0.651. The number of pyridine rings is 4. The molecule has 0 atom stereocenters.